The van der Waals surface area contributed by atoms with E-state index in [9.17, 15) is 23.9 Å². The van der Waals surface area contributed by atoms with Crippen molar-refractivity contribution in [2.45, 2.75) is 26.8 Å². The van der Waals surface area contributed by atoms with Gasteiger partial charge < -0.3 is 25.6 Å². The highest BCUT2D eigenvalue weighted by atomic mass is 19.1. The number of nitrogens with zero attached hydrogens (tertiary/aromatic N) is 1. The molecule has 0 radical (unpaired) electrons. The van der Waals surface area contributed by atoms with Gasteiger partial charge in [0, 0.05) is 23.0 Å². The van der Waals surface area contributed by atoms with Crippen molar-refractivity contribution in [2.75, 3.05) is 10.6 Å². The summed E-state index contributed by atoms with van der Waals surface area (Å²) < 4.78 is 18.7. The number of amides is 3. The summed E-state index contributed by atoms with van der Waals surface area (Å²) in [6, 6.07) is 10.8. The van der Waals surface area contributed by atoms with Gasteiger partial charge in [0.05, 0.1) is 0 Å². The van der Waals surface area contributed by atoms with Crippen LogP contribution in [0.3, 0.4) is 0 Å². The Balaban J connectivity index is 1.62. The zero-order chi connectivity index (χ0) is 24.1. The first kappa shape index (κ1) is 23.5. The molecule has 0 aliphatic carbocycles. The van der Waals surface area contributed by atoms with Crippen LogP contribution in [0.15, 0.2) is 53.1 Å². The lowest BCUT2D eigenvalue weighted by atomic mass is 10.0. The number of rotatable bonds is 7. The summed E-state index contributed by atoms with van der Waals surface area (Å²) in [5.41, 5.74) is 2.26. The predicted octanol–water partition coefficient (Wildman–Crippen LogP) is 4.27. The lowest BCUT2D eigenvalue weighted by molar-refractivity contribution is -0.140. The predicted molar refractivity (Wildman–Crippen MR) is 119 cm³/mol. The van der Waals surface area contributed by atoms with Gasteiger partial charge in [0.2, 0.25) is 5.76 Å². The van der Waals surface area contributed by atoms with Gasteiger partial charge in [-0.2, -0.15) is 0 Å². The van der Waals surface area contributed by atoms with Crippen LogP contribution in [0.4, 0.5) is 20.6 Å². The van der Waals surface area contributed by atoms with E-state index in [-0.39, 0.29) is 11.7 Å². The van der Waals surface area contributed by atoms with Gasteiger partial charge in [-0.05, 0) is 42.7 Å². The Labute approximate surface area is 189 Å². The van der Waals surface area contributed by atoms with E-state index in [2.05, 4.69) is 21.1 Å². The van der Waals surface area contributed by atoms with Crippen LogP contribution in [0.25, 0.3) is 11.3 Å². The van der Waals surface area contributed by atoms with Crippen molar-refractivity contribution in [1.29, 1.82) is 0 Å². The van der Waals surface area contributed by atoms with Crippen molar-refractivity contribution in [3.8, 4) is 11.3 Å². The fraction of sp³-hybridized carbons (Fsp3) is 0.217. The molecule has 0 unspecified atom stereocenters. The van der Waals surface area contributed by atoms with Crippen LogP contribution < -0.4 is 16.0 Å². The maximum absolute atomic E-state index is 13.6. The van der Waals surface area contributed by atoms with Crippen LogP contribution in [0.5, 0.6) is 0 Å². The van der Waals surface area contributed by atoms with E-state index in [0.717, 1.165) is 0 Å². The number of anilines is 2. The molecule has 1 atom stereocenters. The molecule has 10 heteroatoms. The molecule has 0 saturated carbocycles. The second kappa shape index (κ2) is 9.94. The van der Waals surface area contributed by atoms with Gasteiger partial charge in [0.1, 0.15) is 17.6 Å². The van der Waals surface area contributed by atoms with E-state index in [0.29, 0.717) is 28.2 Å². The number of nitrogens with one attached hydrogen (secondary N) is 3. The monoisotopic (exact) mass is 454 g/mol. The first-order valence-corrected chi connectivity index (χ1v) is 10.1. The number of aliphatic carboxylic acids is 1. The number of urea groups is 1. The van der Waals surface area contributed by atoms with E-state index >= 15 is 0 Å². The van der Waals surface area contributed by atoms with Crippen LogP contribution in [0.2, 0.25) is 0 Å². The number of benzene rings is 2. The van der Waals surface area contributed by atoms with E-state index in [1.165, 1.54) is 12.1 Å². The number of aryl methyl sites for hydroxylation is 1. The van der Waals surface area contributed by atoms with Crippen LogP contribution in [0.1, 0.15) is 30.0 Å². The van der Waals surface area contributed by atoms with Gasteiger partial charge in [-0.25, -0.2) is 14.0 Å². The first-order valence-electron chi connectivity index (χ1n) is 10.1. The number of hydrogen-bond donors (Lipinski definition) is 4. The zero-order valence-corrected chi connectivity index (χ0v) is 18.2. The average molecular weight is 454 g/mol. The molecular weight excluding hydrogens is 431 g/mol. The Morgan fingerprint density at radius 2 is 1.64 bits per heavy atom. The number of carboxylic acid groups (broad SMARTS) is 1. The second-order valence-electron chi connectivity index (χ2n) is 7.73. The van der Waals surface area contributed by atoms with Gasteiger partial charge in [0.25, 0.3) is 5.91 Å². The molecule has 3 aromatic rings. The molecule has 1 aromatic heterocycles. The van der Waals surface area contributed by atoms with Crippen molar-refractivity contribution < 1.29 is 28.4 Å². The van der Waals surface area contributed by atoms with E-state index in [4.69, 9.17) is 4.52 Å². The normalized spacial score (nSPS) is 11.7. The van der Waals surface area contributed by atoms with Gasteiger partial charge in [-0.1, -0.05) is 37.2 Å². The van der Waals surface area contributed by atoms with E-state index in [1.54, 1.807) is 57.2 Å². The molecule has 9 nitrogen and oxygen atoms in total. The maximum Gasteiger partial charge on any atom is 0.326 e. The Bertz CT molecular complexity index is 1170. The third kappa shape index (κ3) is 5.94. The van der Waals surface area contributed by atoms with Crippen molar-refractivity contribution in [1.82, 2.24) is 10.5 Å². The summed E-state index contributed by atoms with van der Waals surface area (Å²) in [7, 11) is 0. The minimum absolute atomic E-state index is 0.121. The van der Waals surface area contributed by atoms with Crippen LogP contribution in [0, 0.1) is 18.7 Å². The second-order valence-corrected chi connectivity index (χ2v) is 7.73. The van der Waals surface area contributed by atoms with E-state index < -0.39 is 29.8 Å². The minimum atomic E-state index is -1.14. The number of hydrogen-bond acceptors (Lipinski definition) is 5. The minimum Gasteiger partial charge on any atom is -0.480 e. The maximum atomic E-state index is 13.6. The topological polar surface area (TPSA) is 134 Å². The molecule has 4 N–H and O–H groups in total. The molecular formula is C23H23FN4O5. The molecule has 0 aliphatic rings. The van der Waals surface area contributed by atoms with Crippen molar-refractivity contribution in [3.05, 3.63) is 65.7 Å². The molecule has 3 rings (SSSR count). The molecule has 172 valence electrons. The Hall–Kier alpha value is -4.21. The molecule has 0 aliphatic heterocycles. The Kier molecular flexibility index (Phi) is 7.07. The number of carbonyl (C=O) groups excluding carboxylic acids is 2. The van der Waals surface area contributed by atoms with Crippen LogP contribution in [-0.2, 0) is 4.79 Å². The van der Waals surface area contributed by atoms with Crippen molar-refractivity contribution in [3.63, 3.8) is 0 Å². The quantitative estimate of drug-likeness (QED) is 0.421. The molecule has 3 amide bonds. The smallest absolute Gasteiger partial charge is 0.326 e. The average Bonchev–Trinajstić information content (AvgIpc) is 3.25. The van der Waals surface area contributed by atoms with Crippen LogP contribution in [-0.4, -0.2) is 34.2 Å². The SMILES string of the molecule is Cc1ccc(NC(=O)Nc2ccc(-c3cc(C(=O)N[C@H](C(=O)O)C(C)C)on3)cc2)cc1F. The summed E-state index contributed by atoms with van der Waals surface area (Å²) in [6.07, 6.45) is 0. The van der Waals surface area contributed by atoms with E-state index in [1.807, 2.05) is 0 Å². The molecule has 0 bridgehead atoms. The zero-order valence-electron chi connectivity index (χ0n) is 18.2. The molecule has 0 saturated heterocycles. The third-order valence-electron chi connectivity index (χ3n) is 4.82. The molecule has 2 aromatic carbocycles. The summed E-state index contributed by atoms with van der Waals surface area (Å²) in [5.74, 6) is -2.67. The van der Waals surface area contributed by atoms with Gasteiger partial charge >= 0.3 is 12.0 Å². The number of halogens is 1. The standard InChI is InChI=1S/C23H23FN4O5/c1-12(2)20(22(30)31)27-21(29)19-11-18(28-33-19)14-5-8-15(9-6-14)25-23(32)26-16-7-4-13(3)17(24)10-16/h4-12,20H,1-3H3,(H,27,29)(H,30,31)(H2,25,26,32)/t20-/m0/s1. The van der Waals surface area contributed by atoms with Gasteiger partial charge in [-0.15, -0.1) is 0 Å². The Morgan fingerprint density at radius 3 is 2.24 bits per heavy atom. The molecule has 0 spiro atoms. The fourth-order valence-electron chi connectivity index (χ4n) is 2.93. The number of aromatic nitrogens is 1. The first-order chi connectivity index (χ1) is 15.6. The van der Waals surface area contributed by atoms with Crippen LogP contribution >= 0.6 is 0 Å². The number of carbonyl (C=O) groups is 3. The third-order valence-corrected chi connectivity index (χ3v) is 4.82. The molecule has 33 heavy (non-hydrogen) atoms. The van der Waals surface area contributed by atoms with Crippen molar-refractivity contribution in [2.24, 2.45) is 5.92 Å². The summed E-state index contributed by atoms with van der Waals surface area (Å²) in [4.78, 5) is 35.7. The largest absolute Gasteiger partial charge is 0.480 e. The fourth-order valence-corrected chi connectivity index (χ4v) is 2.93. The molecule has 0 fully saturated rings. The van der Waals surface area contributed by atoms with Crippen molar-refractivity contribution >= 4 is 29.3 Å². The highest BCUT2D eigenvalue weighted by Crippen LogP contribution is 2.22. The lowest BCUT2D eigenvalue weighted by Gasteiger charge is -2.16. The summed E-state index contributed by atoms with van der Waals surface area (Å²) >= 11 is 0. The lowest BCUT2D eigenvalue weighted by Crippen LogP contribution is -2.44. The molecule has 1 heterocycles. The number of carboxylic acids is 1. The van der Waals surface area contributed by atoms with Gasteiger partial charge in [0.15, 0.2) is 0 Å². The van der Waals surface area contributed by atoms with Gasteiger partial charge in [-0.3, -0.25) is 4.79 Å². The highest BCUT2D eigenvalue weighted by molar-refractivity contribution is 6.00. The summed E-state index contributed by atoms with van der Waals surface area (Å²) in [6.45, 7) is 4.99. The highest BCUT2D eigenvalue weighted by Gasteiger charge is 2.25. The summed E-state index contributed by atoms with van der Waals surface area (Å²) in [5, 5.41) is 20.6. The Morgan fingerprint density at radius 1 is 1.00 bits per heavy atom.